The van der Waals surface area contributed by atoms with Crippen LogP contribution in [-0.4, -0.2) is 14.5 Å². The lowest BCUT2D eigenvalue weighted by atomic mass is 9.82. The summed E-state index contributed by atoms with van der Waals surface area (Å²) in [6.07, 6.45) is 8.75. The first-order valence-electron chi connectivity index (χ1n) is 9.22. The van der Waals surface area contributed by atoms with Crippen LogP contribution in [0.25, 0.3) is 27.5 Å². The van der Waals surface area contributed by atoms with Crippen LogP contribution in [0.15, 0.2) is 61.2 Å². The molecule has 0 fully saturated rings. The van der Waals surface area contributed by atoms with E-state index in [9.17, 15) is 0 Å². The third-order valence-electron chi connectivity index (χ3n) is 5.01. The molecule has 4 rings (SSSR count). The second-order valence-corrected chi connectivity index (χ2v) is 8.38. The maximum absolute atomic E-state index is 4.34. The molecule has 26 heavy (non-hydrogen) atoms. The zero-order valence-corrected chi connectivity index (χ0v) is 15.9. The fourth-order valence-electron chi connectivity index (χ4n) is 3.98. The van der Waals surface area contributed by atoms with Crippen molar-refractivity contribution >= 4 is 21.8 Å². The topological polar surface area (TPSA) is 30.7 Å². The molecule has 132 valence electrons. The number of hydrogen-bond acceptors (Lipinski definition) is 2. The van der Waals surface area contributed by atoms with Crippen LogP contribution >= 0.6 is 0 Å². The molecule has 0 saturated carbocycles. The minimum Gasteiger partial charge on any atom is -0.306 e. The smallest absolute Gasteiger partial charge is 0.0725 e. The Morgan fingerprint density at radius 1 is 0.846 bits per heavy atom. The molecular weight excluding hydrogens is 318 g/mol. The van der Waals surface area contributed by atoms with E-state index in [1.807, 2.05) is 24.8 Å². The van der Waals surface area contributed by atoms with E-state index in [0.717, 1.165) is 16.7 Å². The van der Waals surface area contributed by atoms with Crippen molar-refractivity contribution in [1.82, 2.24) is 14.5 Å². The fourth-order valence-corrected chi connectivity index (χ4v) is 3.98. The van der Waals surface area contributed by atoms with Crippen molar-refractivity contribution in [2.75, 3.05) is 0 Å². The summed E-state index contributed by atoms with van der Waals surface area (Å²) >= 11 is 0. The van der Waals surface area contributed by atoms with Gasteiger partial charge in [0.25, 0.3) is 0 Å². The number of rotatable bonds is 3. The molecule has 0 N–H and O–H groups in total. The van der Waals surface area contributed by atoms with Crippen LogP contribution in [0.5, 0.6) is 0 Å². The number of fused-ring (bicyclic) bond motifs is 3. The van der Waals surface area contributed by atoms with Crippen LogP contribution in [-0.2, 0) is 0 Å². The van der Waals surface area contributed by atoms with Gasteiger partial charge in [-0.3, -0.25) is 9.97 Å². The van der Waals surface area contributed by atoms with Crippen molar-refractivity contribution in [2.24, 2.45) is 5.41 Å². The Kier molecular flexibility index (Phi) is 4.03. The highest BCUT2D eigenvalue weighted by Crippen LogP contribution is 2.33. The number of aromatic nitrogens is 3. The Morgan fingerprint density at radius 3 is 1.88 bits per heavy atom. The van der Waals surface area contributed by atoms with Crippen LogP contribution in [0.1, 0.15) is 45.6 Å². The first-order chi connectivity index (χ1) is 12.4. The van der Waals surface area contributed by atoms with Crippen molar-refractivity contribution in [1.29, 1.82) is 0 Å². The molecule has 0 bridgehead atoms. The molecule has 3 aromatic heterocycles. The van der Waals surface area contributed by atoms with Crippen molar-refractivity contribution in [3.8, 4) is 5.69 Å². The van der Waals surface area contributed by atoms with Crippen LogP contribution in [0.3, 0.4) is 0 Å². The highest BCUT2D eigenvalue weighted by atomic mass is 15.0. The van der Waals surface area contributed by atoms with E-state index < -0.39 is 0 Å². The standard InChI is InChI=1S/C23H25N3/c1-16(13-23(2,3)4)17-5-7-18(8-6-17)26-21-14-24-11-9-19(21)20-10-12-25-15-22(20)26/h5-12,14-16H,13H2,1-4H3. The quantitative estimate of drug-likeness (QED) is 0.449. The number of benzene rings is 1. The highest BCUT2D eigenvalue weighted by molar-refractivity contribution is 6.08. The van der Waals surface area contributed by atoms with Gasteiger partial charge in [0.05, 0.1) is 23.4 Å². The molecule has 3 heteroatoms. The molecule has 1 unspecified atom stereocenters. The second-order valence-electron chi connectivity index (χ2n) is 8.38. The molecule has 0 aliphatic carbocycles. The van der Waals surface area contributed by atoms with Crippen molar-refractivity contribution in [3.05, 3.63) is 66.7 Å². The van der Waals surface area contributed by atoms with Gasteiger partial charge in [-0.05, 0) is 47.6 Å². The largest absolute Gasteiger partial charge is 0.306 e. The molecule has 0 aliphatic rings. The molecule has 1 atom stereocenters. The number of pyridine rings is 2. The SMILES string of the molecule is CC(CC(C)(C)C)c1ccc(-n2c3cnccc3c3ccncc32)cc1. The summed E-state index contributed by atoms with van der Waals surface area (Å²) in [5.41, 5.74) is 5.11. The zero-order valence-electron chi connectivity index (χ0n) is 15.9. The van der Waals surface area contributed by atoms with Crippen molar-refractivity contribution < 1.29 is 0 Å². The zero-order chi connectivity index (χ0) is 18.3. The highest BCUT2D eigenvalue weighted by Gasteiger charge is 2.17. The third kappa shape index (κ3) is 2.98. The minimum absolute atomic E-state index is 0.336. The van der Waals surface area contributed by atoms with Crippen molar-refractivity contribution in [3.63, 3.8) is 0 Å². The number of nitrogens with zero attached hydrogens (tertiary/aromatic N) is 3. The number of hydrogen-bond donors (Lipinski definition) is 0. The van der Waals surface area contributed by atoms with Gasteiger partial charge in [0, 0.05) is 28.9 Å². The molecule has 0 aliphatic heterocycles. The van der Waals surface area contributed by atoms with Crippen LogP contribution in [0.4, 0.5) is 0 Å². The second kappa shape index (κ2) is 6.24. The van der Waals surface area contributed by atoms with Gasteiger partial charge in [-0.2, -0.15) is 0 Å². The lowest BCUT2D eigenvalue weighted by Gasteiger charge is -2.23. The average Bonchev–Trinajstić information content (AvgIpc) is 2.95. The molecule has 0 spiro atoms. The Hall–Kier alpha value is -2.68. The van der Waals surface area contributed by atoms with Gasteiger partial charge in [0.15, 0.2) is 0 Å². The van der Waals surface area contributed by atoms with E-state index in [1.54, 1.807) is 0 Å². The summed E-state index contributed by atoms with van der Waals surface area (Å²) in [5.74, 6) is 0.547. The molecule has 3 nitrogen and oxygen atoms in total. The summed E-state index contributed by atoms with van der Waals surface area (Å²) < 4.78 is 2.25. The average molecular weight is 343 g/mol. The summed E-state index contributed by atoms with van der Waals surface area (Å²) in [4.78, 5) is 8.68. The van der Waals surface area contributed by atoms with Gasteiger partial charge >= 0.3 is 0 Å². The van der Waals surface area contributed by atoms with Crippen LogP contribution in [0.2, 0.25) is 0 Å². The van der Waals surface area contributed by atoms with Gasteiger partial charge in [-0.1, -0.05) is 39.8 Å². The fraction of sp³-hybridized carbons (Fsp3) is 0.304. The van der Waals surface area contributed by atoms with E-state index in [1.165, 1.54) is 22.8 Å². The lowest BCUT2D eigenvalue weighted by molar-refractivity contribution is 0.349. The third-order valence-corrected chi connectivity index (χ3v) is 5.01. The molecule has 0 radical (unpaired) electrons. The van der Waals surface area contributed by atoms with Gasteiger partial charge in [-0.25, -0.2) is 0 Å². The predicted octanol–water partition coefficient (Wildman–Crippen LogP) is 6.11. The monoisotopic (exact) mass is 343 g/mol. The Labute approximate surface area is 154 Å². The van der Waals surface area contributed by atoms with E-state index in [4.69, 9.17) is 0 Å². The van der Waals surface area contributed by atoms with Gasteiger partial charge in [0.2, 0.25) is 0 Å². The minimum atomic E-state index is 0.336. The van der Waals surface area contributed by atoms with Crippen LogP contribution < -0.4 is 0 Å². The van der Waals surface area contributed by atoms with Gasteiger partial charge in [-0.15, -0.1) is 0 Å². The van der Waals surface area contributed by atoms with E-state index >= 15 is 0 Å². The molecule has 3 heterocycles. The van der Waals surface area contributed by atoms with Crippen molar-refractivity contribution in [2.45, 2.75) is 40.0 Å². The predicted molar refractivity (Wildman–Crippen MR) is 109 cm³/mol. The molecular formula is C23H25N3. The maximum Gasteiger partial charge on any atom is 0.0725 e. The van der Waals surface area contributed by atoms with Crippen LogP contribution in [0, 0.1) is 5.41 Å². The summed E-state index contributed by atoms with van der Waals surface area (Å²) in [7, 11) is 0. The first-order valence-corrected chi connectivity index (χ1v) is 9.22. The maximum atomic E-state index is 4.34. The van der Waals surface area contributed by atoms with E-state index in [-0.39, 0.29) is 0 Å². The molecule has 0 amide bonds. The summed E-state index contributed by atoms with van der Waals surface area (Å²) in [6, 6.07) is 13.1. The summed E-state index contributed by atoms with van der Waals surface area (Å²) in [6.45, 7) is 9.22. The van der Waals surface area contributed by atoms with Gasteiger partial charge in [0.1, 0.15) is 0 Å². The van der Waals surface area contributed by atoms with Gasteiger partial charge < -0.3 is 4.57 Å². The normalized spacial score (nSPS) is 13.4. The lowest BCUT2D eigenvalue weighted by Crippen LogP contribution is -2.09. The Balaban J connectivity index is 1.81. The first kappa shape index (κ1) is 16.8. The van der Waals surface area contributed by atoms with E-state index in [0.29, 0.717) is 11.3 Å². The van der Waals surface area contributed by atoms with E-state index in [2.05, 4.69) is 78.6 Å². The summed E-state index contributed by atoms with van der Waals surface area (Å²) in [5, 5.41) is 2.42. The molecule has 1 aromatic carbocycles. The molecule has 4 aromatic rings. The molecule has 0 saturated heterocycles. The Bertz CT molecular complexity index is 999. The Morgan fingerprint density at radius 2 is 1.38 bits per heavy atom.